The van der Waals surface area contributed by atoms with Gasteiger partial charge in [0.25, 0.3) is 0 Å². The van der Waals surface area contributed by atoms with Gasteiger partial charge >= 0.3 is 6.03 Å². The number of nitrogens with one attached hydrogen (secondary N) is 3. The number of nitrogens with zero attached hydrogens (tertiary/aromatic N) is 2. The summed E-state index contributed by atoms with van der Waals surface area (Å²) >= 11 is 0. The third-order valence-corrected chi connectivity index (χ3v) is 5.15. The predicted molar refractivity (Wildman–Crippen MR) is 125 cm³/mol. The number of likely N-dealkylation sites (N-methyl/N-ethyl adjacent to an activating group) is 1. The Balaban J connectivity index is 1.50. The van der Waals surface area contributed by atoms with Crippen molar-refractivity contribution in [3.05, 3.63) is 71.8 Å². The minimum Gasteiger partial charge on any atom is -0.351 e. The summed E-state index contributed by atoms with van der Waals surface area (Å²) in [5.41, 5.74) is 2.45. The van der Waals surface area contributed by atoms with Gasteiger partial charge in [0.05, 0.1) is 0 Å². The van der Waals surface area contributed by atoms with Crippen molar-refractivity contribution in [2.45, 2.75) is 0 Å². The predicted octanol–water partition coefficient (Wildman–Crippen LogP) is 2.26. The SMILES string of the molecule is CN1CCN(C/C(=C\c2ccccc2)C(=O)NCCNC(=O)Nc2ccccc2)CC1. The molecule has 3 rings (SSSR count). The van der Waals surface area contributed by atoms with Crippen molar-refractivity contribution in [1.82, 2.24) is 20.4 Å². The Morgan fingerprint density at radius 1 is 0.871 bits per heavy atom. The van der Waals surface area contributed by atoms with Gasteiger partial charge in [-0.25, -0.2) is 4.79 Å². The van der Waals surface area contributed by atoms with Gasteiger partial charge in [-0.15, -0.1) is 0 Å². The molecule has 0 radical (unpaired) electrons. The lowest BCUT2D eigenvalue weighted by atomic mass is 10.1. The fourth-order valence-corrected chi connectivity index (χ4v) is 3.34. The summed E-state index contributed by atoms with van der Waals surface area (Å²) in [5, 5.41) is 8.45. The van der Waals surface area contributed by atoms with Crippen LogP contribution < -0.4 is 16.0 Å². The van der Waals surface area contributed by atoms with E-state index in [1.54, 1.807) is 0 Å². The van der Waals surface area contributed by atoms with Crippen LogP contribution in [0.3, 0.4) is 0 Å². The molecule has 164 valence electrons. The fraction of sp³-hybridized carbons (Fsp3) is 0.333. The molecule has 0 unspecified atom stereocenters. The summed E-state index contributed by atoms with van der Waals surface area (Å²) in [6.07, 6.45) is 1.95. The largest absolute Gasteiger partial charge is 0.351 e. The van der Waals surface area contributed by atoms with Crippen LogP contribution in [-0.4, -0.2) is 74.6 Å². The maximum absolute atomic E-state index is 12.9. The van der Waals surface area contributed by atoms with Gasteiger partial charge in [0.2, 0.25) is 5.91 Å². The lowest BCUT2D eigenvalue weighted by Crippen LogP contribution is -2.46. The number of anilines is 1. The fourth-order valence-electron chi connectivity index (χ4n) is 3.34. The van der Waals surface area contributed by atoms with E-state index in [1.807, 2.05) is 66.7 Å². The number of piperazine rings is 1. The van der Waals surface area contributed by atoms with Crippen molar-refractivity contribution in [2.75, 3.05) is 58.2 Å². The Labute approximate surface area is 184 Å². The van der Waals surface area contributed by atoms with Gasteiger partial charge in [0.1, 0.15) is 0 Å². The zero-order chi connectivity index (χ0) is 21.9. The number of benzene rings is 2. The molecule has 1 saturated heterocycles. The molecular weight excluding hydrogens is 390 g/mol. The highest BCUT2D eigenvalue weighted by atomic mass is 16.2. The number of urea groups is 1. The average Bonchev–Trinajstić information content (AvgIpc) is 2.79. The maximum atomic E-state index is 12.9. The van der Waals surface area contributed by atoms with Gasteiger partial charge in [-0.05, 0) is 30.8 Å². The Hall–Kier alpha value is -3.16. The number of para-hydroxylation sites is 1. The smallest absolute Gasteiger partial charge is 0.319 e. The first-order chi connectivity index (χ1) is 15.1. The summed E-state index contributed by atoms with van der Waals surface area (Å²) in [5.74, 6) is -0.104. The zero-order valence-electron chi connectivity index (χ0n) is 18.0. The third-order valence-electron chi connectivity index (χ3n) is 5.15. The van der Waals surface area contributed by atoms with Gasteiger partial charge in [-0.3, -0.25) is 9.69 Å². The van der Waals surface area contributed by atoms with Crippen molar-refractivity contribution in [2.24, 2.45) is 0 Å². The standard InChI is InChI=1S/C24H31N5O2/c1-28-14-16-29(17-15-28)19-21(18-20-8-4-2-5-9-20)23(30)25-12-13-26-24(31)27-22-10-6-3-7-11-22/h2-11,18H,12-17,19H2,1H3,(H,25,30)(H2,26,27,31)/b21-18+. The average molecular weight is 422 g/mol. The summed E-state index contributed by atoms with van der Waals surface area (Å²) in [4.78, 5) is 29.4. The van der Waals surface area contributed by atoms with E-state index < -0.39 is 0 Å². The van der Waals surface area contributed by atoms with Crippen molar-refractivity contribution in [3.8, 4) is 0 Å². The van der Waals surface area contributed by atoms with E-state index in [2.05, 4.69) is 32.8 Å². The quantitative estimate of drug-likeness (QED) is 0.451. The van der Waals surface area contributed by atoms with Crippen LogP contribution in [0, 0.1) is 0 Å². The first kappa shape index (κ1) is 22.5. The molecule has 0 spiro atoms. The third kappa shape index (κ3) is 7.88. The molecule has 1 fully saturated rings. The van der Waals surface area contributed by atoms with Crippen LogP contribution >= 0.6 is 0 Å². The van der Waals surface area contributed by atoms with Crippen molar-refractivity contribution >= 4 is 23.7 Å². The lowest BCUT2D eigenvalue weighted by Gasteiger charge is -2.32. The molecule has 2 aromatic carbocycles. The van der Waals surface area contributed by atoms with E-state index in [0.717, 1.165) is 43.0 Å². The molecule has 7 heteroatoms. The highest BCUT2D eigenvalue weighted by Gasteiger charge is 2.18. The van der Waals surface area contributed by atoms with E-state index >= 15 is 0 Å². The maximum Gasteiger partial charge on any atom is 0.319 e. The van der Waals surface area contributed by atoms with Gasteiger partial charge in [0.15, 0.2) is 0 Å². The van der Waals surface area contributed by atoms with Crippen LogP contribution in [0.1, 0.15) is 5.56 Å². The minimum absolute atomic E-state index is 0.104. The molecule has 3 N–H and O–H groups in total. The second kappa shape index (κ2) is 11.9. The molecular formula is C24H31N5O2. The minimum atomic E-state index is -0.294. The van der Waals surface area contributed by atoms with Crippen LogP contribution in [0.15, 0.2) is 66.2 Å². The normalized spacial score (nSPS) is 15.3. The number of amides is 3. The Kier molecular flexibility index (Phi) is 8.63. The summed E-state index contributed by atoms with van der Waals surface area (Å²) in [6, 6.07) is 18.8. The number of rotatable bonds is 8. The van der Waals surface area contributed by atoms with Crippen molar-refractivity contribution < 1.29 is 9.59 Å². The van der Waals surface area contributed by atoms with E-state index in [1.165, 1.54) is 0 Å². The number of hydrogen-bond acceptors (Lipinski definition) is 4. The van der Waals surface area contributed by atoms with Gasteiger partial charge in [-0.2, -0.15) is 0 Å². The monoisotopic (exact) mass is 421 g/mol. The number of hydrogen-bond donors (Lipinski definition) is 3. The molecule has 1 aliphatic heterocycles. The topological polar surface area (TPSA) is 76.7 Å². The van der Waals surface area contributed by atoms with Gasteiger partial charge in [-0.1, -0.05) is 48.5 Å². The zero-order valence-corrected chi connectivity index (χ0v) is 18.0. The molecule has 0 bridgehead atoms. The Bertz CT molecular complexity index is 862. The Morgan fingerprint density at radius 3 is 2.16 bits per heavy atom. The van der Waals surface area contributed by atoms with Crippen molar-refractivity contribution in [1.29, 1.82) is 0 Å². The van der Waals surface area contributed by atoms with E-state index in [4.69, 9.17) is 0 Å². The van der Waals surface area contributed by atoms with Crippen LogP contribution in [0.2, 0.25) is 0 Å². The summed E-state index contributed by atoms with van der Waals surface area (Å²) < 4.78 is 0. The first-order valence-electron chi connectivity index (χ1n) is 10.6. The van der Waals surface area contributed by atoms with Crippen LogP contribution in [0.4, 0.5) is 10.5 Å². The molecule has 2 aromatic rings. The highest BCUT2D eigenvalue weighted by molar-refractivity contribution is 5.98. The molecule has 7 nitrogen and oxygen atoms in total. The van der Waals surface area contributed by atoms with Crippen LogP contribution in [-0.2, 0) is 4.79 Å². The van der Waals surface area contributed by atoms with Crippen molar-refractivity contribution in [3.63, 3.8) is 0 Å². The lowest BCUT2D eigenvalue weighted by molar-refractivity contribution is -0.117. The number of carbonyl (C=O) groups is 2. The molecule has 1 heterocycles. The van der Waals surface area contributed by atoms with Crippen LogP contribution in [0.25, 0.3) is 6.08 Å². The molecule has 0 atom stereocenters. The van der Waals surface area contributed by atoms with E-state index in [-0.39, 0.29) is 11.9 Å². The second-order valence-corrected chi connectivity index (χ2v) is 7.66. The van der Waals surface area contributed by atoms with Crippen LogP contribution in [0.5, 0.6) is 0 Å². The van der Waals surface area contributed by atoms with Gasteiger partial charge < -0.3 is 20.9 Å². The Morgan fingerprint density at radius 2 is 1.48 bits per heavy atom. The summed E-state index contributed by atoms with van der Waals surface area (Å²) in [7, 11) is 2.12. The van der Waals surface area contributed by atoms with E-state index in [9.17, 15) is 9.59 Å². The second-order valence-electron chi connectivity index (χ2n) is 7.66. The van der Waals surface area contributed by atoms with Gasteiger partial charge in [0, 0.05) is 57.1 Å². The van der Waals surface area contributed by atoms with E-state index in [0.29, 0.717) is 19.6 Å². The molecule has 0 aromatic heterocycles. The molecule has 0 saturated carbocycles. The molecule has 3 amide bonds. The molecule has 0 aliphatic carbocycles. The highest BCUT2D eigenvalue weighted by Crippen LogP contribution is 2.10. The molecule has 1 aliphatic rings. The number of carbonyl (C=O) groups excluding carboxylic acids is 2. The summed E-state index contributed by atoms with van der Waals surface area (Å²) in [6.45, 7) is 5.19. The molecule has 31 heavy (non-hydrogen) atoms. The first-order valence-corrected chi connectivity index (χ1v) is 10.6.